The monoisotopic (exact) mass is 862 g/mol. The number of hydrogen-bond donors (Lipinski definition) is 3. The van der Waals surface area contributed by atoms with Crippen LogP contribution in [0.2, 0.25) is 0 Å². The number of carboxylic acid groups (broad SMARTS) is 2. The topological polar surface area (TPSA) is 373 Å². The molecule has 5 N–H and O–H groups in total. The van der Waals surface area contributed by atoms with Gasteiger partial charge in [0.2, 0.25) is 5.60 Å². The standard InChI is InChI=1S/C25H24N6O6.C2H3BrO2.C2H3N3O2.ClH.N3.Na.H2O/c1-4-25(37-21(33)9-27-29-26)18-8-20-22-16(11-31(20)23(34)17(18)12-36-24(25)35)15(10-30(2)3)14-7-13(32)5-6-19(14)28-22;3-1-2(4)5;3-5-4-1-2(6)7;;1-3-2;;/h5-8,32H,4,9-12H2,1-3H3;1H2,(H,4,5);1H2,(H,6,7);1H;;;1H2/q;;;;-1;+1;/t25-;;;;;;/m0....../s1. The maximum absolute atomic E-state index is 13.7. The Hall–Kier alpha value is -5.12. The fourth-order valence-corrected chi connectivity index (χ4v) is 5.21. The van der Waals surface area contributed by atoms with E-state index in [1.54, 1.807) is 35.8 Å². The predicted molar refractivity (Wildman–Crippen MR) is 195 cm³/mol. The summed E-state index contributed by atoms with van der Waals surface area (Å²) in [5.74, 6) is -3.54. The molecule has 5 rings (SSSR count). The predicted octanol–water partition coefficient (Wildman–Crippen LogP) is 1.02. The average Bonchev–Trinajstić information content (AvgIpc) is 3.47. The molecule has 0 spiro atoms. The number of benzene rings is 1. The number of nitrogens with zero attached hydrogens (tertiary/aromatic N) is 12. The van der Waals surface area contributed by atoms with Crippen LogP contribution in [-0.4, -0.2) is 91.6 Å². The van der Waals surface area contributed by atoms with Crippen LogP contribution in [0.4, 0.5) is 0 Å². The molecule has 55 heavy (non-hydrogen) atoms. The number of aliphatic carboxylic acids is 2. The molecule has 1 aromatic carbocycles. The van der Waals surface area contributed by atoms with E-state index >= 15 is 0 Å². The number of azide groups is 2. The van der Waals surface area contributed by atoms with Crippen molar-refractivity contribution in [3.63, 3.8) is 0 Å². The summed E-state index contributed by atoms with van der Waals surface area (Å²) in [6.07, 6.45) is 0.00684. The van der Waals surface area contributed by atoms with Gasteiger partial charge in [-0.25, -0.2) is 9.78 Å². The van der Waals surface area contributed by atoms with Crippen molar-refractivity contribution in [3.8, 4) is 17.1 Å². The van der Waals surface area contributed by atoms with E-state index in [1.165, 1.54) is 4.91 Å². The van der Waals surface area contributed by atoms with Crippen LogP contribution in [0, 0.1) is 0 Å². The zero-order valence-corrected chi connectivity index (χ0v) is 34.0. The number of cyclic esters (lactones) is 1. The van der Waals surface area contributed by atoms with Crippen LogP contribution in [0.15, 0.2) is 39.3 Å². The average molecular weight is 864 g/mol. The van der Waals surface area contributed by atoms with Crippen LogP contribution in [-0.2, 0) is 53.9 Å². The number of aromatic nitrogens is 2. The van der Waals surface area contributed by atoms with Gasteiger partial charge in [-0.05, 0) is 61.4 Å². The van der Waals surface area contributed by atoms with Crippen molar-refractivity contribution < 1.29 is 79.0 Å². The Morgan fingerprint density at radius 2 is 1.64 bits per heavy atom. The molecular weight excluding hydrogens is 831 g/mol. The molecular formula is C29H33BrClN12NaO11. The Morgan fingerprint density at radius 3 is 2.13 bits per heavy atom. The molecule has 0 unspecified atom stereocenters. The number of carboxylic acids is 2. The molecule has 290 valence electrons. The summed E-state index contributed by atoms with van der Waals surface area (Å²) < 4.78 is 12.4. The van der Waals surface area contributed by atoms with Crippen molar-refractivity contribution >= 4 is 63.1 Å². The molecule has 0 aliphatic carbocycles. The van der Waals surface area contributed by atoms with Gasteiger partial charge in [-0.3, -0.25) is 24.1 Å². The van der Waals surface area contributed by atoms with Gasteiger partial charge in [-0.15, -0.1) is 12.4 Å². The normalized spacial score (nSPS) is 13.5. The van der Waals surface area contributed by atoms with Gasteiger partial charge < -0.3 is 50.8 Å². The molecule has 0 fully saturated rings. The van der Waals surface area contributed by atoms with Crippen LogP contribution in [0.3, 0.4) is 0 Å². The summed E-state index contributed by atoms with van der Waals surface area (Å²) in [4.78, 5) is 71.0. The van der Waals surface area contributed by atoms with E-state index < -0.39 is 42.6 Å². The molecule has 1 atom stereocenters. The van der Waals surface area contributed by atoms with Gasteiger partial charge >= 0.3 is 53.4 Å². The molecule has 2 aliphatic heterocycles. The van der Waals surface area contributed by atoms with Crippen molar-refractivity contribution in [3.05, 3.63) is 93.7 Å². The molecule has 0 saturated carbocycles. The minimum atomic E-state index is -1.86. The number of carbonyl (C=O) groups is 4. The number of halogens is 2. The molecule has 4 heterocycles. The molecule has 3 aromatic rings. The summed E-state index contributed by atoms with van der Waals surface area (Å²) in [7, 11) is 3.86. The molecule has 2 aromatic heterocycles. The first-order valence-electron chi connectivity index (χ1n) is 14.6. The third kappa shape index (κ3) is 13.0. The van der Waals surface area contributed by atoms with Crippen molar-refractivity contribution in [1.29, 1.82) is 0 Å². The molecule has 0 bridgehead atoms. The molecule has 0 saturated heterocycles. The molecule has 0 amide bonds. The maximum Gasteiger partial charge on any atom is 1.00 e. The number of esters is 2. The molecule has 23 nitrogen and oxygen atoms in total. The number of aromatic hydroxyl groups is 1. The van der Waals surface area contributed by atoms with Crippen LogP contribution in [0.25, 0.3) is 59.2 Å². The second kappa shape index (κ2) is 24.3. The van der Waals surface area contributed by atoms with Crippen molar-refractivity contribution in [2.75, 3.05) is 32.5 Å². The van der Waals surface area contributed by atoms with Crippen LogP contribution in [0.5, 0.6) is 5.75 Å². The number of phenols is 1. The number of alkyl halides is 1. The Kier molecular flexibility index (Phi) is 23.0. The Balaban J connectivity index is 0. The SMILES string of the molecule is CC[C@@]1(OC(=O)CN=[N+]=[N-])C(=O)OCc2c1cc1n(c2=O)Cc2c-1nc1ccc(O)cc1c2CN(C)C.Cl.O.O=C(O)CBr.[N-]=[N+]=NCC(=O)O.[N-]=[N+]=[N-].[Na+]. The van der Waals surface area contributed by atoms with E-state index in [9.17, 15) is 29.1 Å². The van der Waals surface area contributed by atoms with Crippen LogP contribution in [0.1, 0.15) is 35.6 Å². The largest absolute Gasteiger partial charge is 1.00 e. The van der Waals surface area contributed by atoms with E-state index in [4.69, 9.17) is 46.8 Å². The van der Waals surface area contributed by atoms with Crippen molar-refractivity contribution in [1.82, 2.24) is 14.5 Å². The second-order valence-electron chi connectivity index (χ2n) is 10.7. The zero-order valence-electron chi connectivity index (χ0n) is 29.6. The summed E-state index contributed by atoms with van der Waals surface area (Å²) >= 11 is 2.71. The minimum absolute atomic E-state index is 0. The maximum atomic E-state index is 13.7. The zero-order chi connectivity index (χ0) is 39.2. The van der Waals surface area contributed by atoms with E-state index in [2.05, 4.69) is 36.0 Å². The number of phenolic OH excluding ortho intramolecular Hbond substituents is 1. The summed E-state index contributed by atoms with van der Waals surface area (Å²) in [5.41, 5.74) is 31.3. The van der Waals surface area contributed by atoms with E-state index in [-0.39, 0.29) is 94.8 Å². The fourth-order valence-electron chi connectivity index (χ4n) is 5.21. The van der Waals surface area contributed by atoms with Crippen molar-refractivity contribution in [2.45, 2.75) is 38.6 Å². The number of fused-ring (bicyclic) bond motifs is 5. The van der Waals surface area contributed by atoms with Gasteiger partial charge in [0.1, 0.15) is 30.8 Å². The van der Waals surface area contributed by atoms with Crippen LogP contribution < -0.4 is 35.1 Å². The van der Waals surface area contributed by atoms with E-state index in [1.807, 2.05) is 19.0 Å². The number of ether oxygens (including phenoxy) is 2. The van der Waals surface area contributed by atoms with Gasteiger partial charge in [0, 0.05) is 32.9 Å². The number of hydrogen-bond acceptors (Lipinski definition) is 12. The smallest absolute Gasteiger partial charge is 0.508 e. The first-order valence-corrected chi connectivity index (χ1v) is 15.7. The Labute approximate surface area is 347 Å². The fraction of sp³-hybridized carbons (Fsp3) is 0.379. The van der Waals surface area contributed by atoms with Gasteiger partial charge in [-0.1, -0.05) is 33.1 Å². The van der Waals surface area contributed by atoms with Gasteiger partial charge in [0.25, 0.3) is 5.56 Å². The van der Waals surface area contributed by atoms with Gasteiger partial charge in [0.15, 0.2) is 0 Å². The first kappa shape index (κ1) is 52.0. The third-order valence-corrected chi connectivity index (χ3v) is 7.65. The first-order chi connectivity index (χ1) is 24.6. The van der Waals surface area contributed by atoms with Gasteiger partial charge in [0.05, 0.1) is 29.0 Å². The quantitative estimate of drug-likeness (QED) is 0.0530. The second-order valence-corrected chi connectivity index (χ2v) is 11.2. The third-order valence-electron chi connectivity index (χ3n) is 7.17. The summed E-state index contributed by atoms with van der Waals surface area (Å²) in [6, 6.07) is 6.61. The Morgan fingerprint density at radius 1 is 1.05 bits per heavy atom. The number of carbonyl (C=O) groups excluding carboxylic acids is 2. The number of pyridine rings is 2. The van der Waals surface area contributed by atoms with Crippen molar-refractivity contribution in [2.24, 2.45) is 10.2 Å². The Bertz CT molecular complexity index is 2090. The van der Waals surface area contributed by atoms with E-state index in [0.29, 0.717) is 23.4 Å². The van der Waals surface area contributed by atoms with Gasteiger partial charge in [-0.2, -0.15) is 0 Å². The number of rotatable bonds is 9. The van der Waals surface area contributed by atoms with E-state index in [0.717, 1.165) is 16.5 Å². The summed E-state index contributed by atoms with van der Waals surface area (Å²) in [6.45, 7) is 1.10. The molecule has 0 radical (unpaired) electrons. The molecule has 26 heteroatoms. The summed E-state index contributed by atoms with van der Waals surface area (Å²) in [5, 5.41) is 32.4. The minimum Gasteiger partial charge on any atom is -0.508 e. The van der Waals surface area contributed by atoms with Crippen LogP contribution >= 0.6 is 28.3 Å². The molecule has 2 aliphatic rings.